The molecule has 1 fully saturated rings. The summed E-state index contributed by atoms with van der Waals surface area (Å²) < 4.78 is 1.60. The van der Waals surface area contributed by atoms with Crippen LogP contribution in [0, 0.1) is 6.92 Å². The van der Waals surface area contributed by atoms with Crippen LogP contribution in [-0.4, -0.2) is 54.9 Å². The molecule has 1 aliphatic rings. The zero-order chi connectivity index (χ0) is 26.7. The van der Waals surface area contributed by atoms with Crippen LogP contribution in [0.5, 0.6) is 0 Å². The van der Waals surface area contributed by atoms with Gasteiger partial charge in [0.1, 0.15) is 5.65 Å². The van der Waals surface area contributed by atoms with E-state index in [1.807, 2.05) is 20.8 Å². The summed E-state index contributed by atoms with van der Waals surface area (Å²) >= 11 is 6.72. The van der Waals surface area contributed by atoms with Crippen LogP contribution in [0.3, 0.4) is 0 Å². The van der Waals surface area contributed by atoms with E-state index in [1.54, 1.807) is 53.3 Å². The quantitative estimate of drug-likeness (QED) is 0.467. The third-order valence-corrected chi connectivity index (χ3v) is 6.77. The number of likely N-dealkylation sites (tertiary alicyclic amines) is 1. The molecule has 1 saturated heterocycles. The molecule has 1 unspecified atom stereocenters. The fourth-order valence-electron chi connectivity index (χ4n) is 4.41. The highest BCUT2D eigenvalue weighted by Crippen LogP contribution is 2.29. The largest absolute Gasteiger partial charge is 0.351 e. The summed E-state index contributed by atoms with van der Waals surface area (Å²) in [5, 5.41) is 4.32. The lowest BCUT2D eigenvalue weighted by molar-refractivity contribution is -0.132. The molecule has 4 rings (SSSR count). The maximum Gasteiger partial charge on any atom is 0.260 e. The highest BCUT2D eigenvalue weighted by atomic mass is 35.5. The second kappa shape index (κ2) is 11.0. The Balaban J connectivity index is 1.69. The van der Waals surface area contributed by atoms with Gasteiger partial charge in [-0.15, -0.1) is 0 Å². The van der Waals surface area contributed by atoms with E-state index in [4.69, 9.17) is 11.6 Å². The lowest BCUT2D eigenvalue weighted by Gasteiger charge is -2.29. The van der Waals surface area contributed by atoms with Crippen molar-refractivity contribution in [2.75, 3.05) is 18.9 Å². The van der Waals surface area contributed by atoms with Crippen LogP contribution < -0.4 is 10.9 Å². The number of hydrogen-bond donors (Lipinski definition) is 1. The summed E-state index contributed by atoms with van der Waals surface area (Å²) in [6.07, 6.45) is 9.58. The van der Waals surface area contributed by atoms with Gasteiger partial charge in [0.15, 0.2) is 0 Å². The van der Waals surface area contributed by atoms with Crippen LogP contribution in [0.1, 0.15) is 43.6 Å². The molecule has 3 aromatic rings. The smallest absolute Gasteiger partial charge is 0.260 e. The zero-order valence-corrected chi connectivity index (χ0v) is 22.2. The van der Waals surface area contributed by atoms with Gasteiger partial charge in [-0.2, -0.15) is 4.98 Å². The summed E-state index contributed by atoms with van der Waals surface area (Å²) in [4.78, 5) is 45.0. The van der Waals surface area contributed by atoms with Crippen molar-refractivity contribution >= 4 is 45.6 Å². The molecule has 0 saturated carbocycles. The number of amides is 1. The summed E-state index contributed by atoms with van der Waals surface area (Å²) in [5.74, 6) is 0.477. The number of fused-ring (bicyclic) bond motifs is 1. The molecule has 4 heterocycles. The number of rotatable bonds is 7. The second-order valence-electron chi connectivity index (χ2n) is 8.94. The lowest BCUT2D eigenvalue weighted by Crippen LogP contribution is -2.41. The first-order valence-electron chi connectivity index (χ1n) is 12.2. The average molecular weight is 520 g/mol. The molecule has 9 nitrogen and oxygen atoms in total. The molecule has 0 aliphatic carbocycles. The van der Waals surface area contributed by atoms with Crippen LogP contribution >= 0.6 is 11.6 Å². The van der Waals surface area contributed by atoms with Gasteiger partial charge in [0.05, 0.1) is 11.4 Å². The monoisotopic (exact) mass is 519 g/mol. The van der Waals surface area contributed by atoms with Crippen molar-refractivity contribution < 1.29 is 4.79 Å². The third-order valence-electron chi connectivity index (χ3n) is 6.46. The molecule has 10 heteroatoms. The number of aryl methyl sites for hydroxylation is 2. The maximum absolute atomic E-state index is 13.6. The number of carbonyl (C=O) groups excluding carboxylic acids is 1. The van der Waals surface area contributed by atoms with Gasteiger partial charge in [-0.1, -0.05) is 24.3 Å². The number of pyridine rings is 1. The first-order chi connectivity index (χ1) is 17.7. The normalized spacial score (nSPS) is 16.8. The van der Waals surface area contributed by atoms with E-state index >= 15 is 0 Å². The Morgan fingerprint density at radius 2 is 2.03 bits per heavy atom. The molecule has 192 valence electrons. The molecule has 1 N–H and O–H groups in total. The second-order valence-corrected chi connectivity index (χ2v) is 9.35. The van der Waals surface area contributed by atoms with Gasteiger partial charge in [-0.25, -0.2) is 4.98 Å². The van der Waals surface area contributed by atoms with Crippen LogP contribution in [0.15, 0.2) is 53.2 Å². The van der Waals surface area contributed by atoms with E-state index in [9.17, 15) is 9.59 Å². The van der Waals surface area contributed by atoms with Gasteiger partial charge in [0, 0.05) is 72.7 Å². The Morgan fingerprint density at radius 3 is 2.70 bits per heavy atom. The predicted molar refractivity (Wildman–Crippen MR) is 147 cm³/mol. The number of anilines is 1. The highest BCUT2D eigenvalue weighted by molar-refractivity contribution is 6.37. The Morgan fingerprint density at radius 1 is 1.27 bits per heavy atom. The number of carbonyl (C=O) groups is 1. The number of aromatic nitrogens is 5. The number of halogens is 1. The third kappa shape index (κ3) is 5.46. The molecule has 1 aliphatic heterocycles. The minimum absolute atomic E-state index is 0.0492. The molecule has 0 radical (unpaired) electrons. The van der Waals surface area contributed by atoms with Gasteiger partial charge >= 0.3 is 0 Å². The van der Waals surface area contributed by atoms with Crippen molar-refractivity contribution in [3.05, 3.63) is 75.7 Å². The first-order valence-corrected chi connectivity index (χ1v) is 12.5. The summed E-state index contributed by atoms with van der Waals surface area (Å²) in [7, 11) is 1.80. The number of piperidine rings is 1. The van der Waals surface area contributed by atoms with Crippen LogP contribution in [0.4, 0.5) is 5.95 Å². The molecule has 3 aromatic heterocycles. The molecule has 0 bridgehead atoms. The Hall–Kier alpha value is -3.85. The number of hydrogen-bond acceptors (Lipinski definition) is 7. The topological polar surface area (TPSA) is 106 Å². The molecule has 0 aromatic carbocycles. The van der Waals surface area contributed by atoms with E-state index < -0.39 is 0 Å². The first kappa shape index (κ1) is 26.2. The number of nitrogens with zero attached hydrogens (tertiary/aromatic N) is 6. The number of nitrogens with one attached hydrogen (secondary N) is 1. The molecular weight excluding hydrogens is 490 g/mol. The molecular formula is C27H30ClN7O2. The van der Waals surface area contributed by atoms with E-state index in [1.165, 1.54) is 0 Å². The van der Waals surface area contributed by atoms with E-state index in [0.29, 0.717) is 63.9 Å². The van der Waals surface area contributed by atoms with Crippen LogP contribution in [0.2, 0.25) is 0 Å². The van der Waals surface area contributed by atoms with Crippen LogP contribution in [-0.2, 0) is 11.3 Å². The fraction of sp³-hybridized carbons (Fsp3) is 0.333. The predicted octanol–water partition coefficient (Wildman–Crippen LogP) is 4.18. The SMILES string of the molecule is C=C(C=C(Cl)C(=CC)c1cc2cnc(NC3CCN(C)C(=O)C3)nc2n(CC)c1=O)c1nccnc1C. The molecule has 1 atom stereocenters. The van der Waals surface area contributed by atoms with Crippen molar-refractivity contribution in [3.8, 4) is 0 Å². The van der Waals surface area contributed by atoms with Gasteiger partial charge in [0.2, 0.25) is 11.9 Å². The highest BCUT2D eigenvalue weighted by Gasteiger charge is 2.24. The molecule has 0 spiro atoms. The molecule has 1 amide bonds. The van der Waals surface area contributed by atoms with Crippen molar-refractivity contribution in [2.45, 2.75) is 46.2 Å². The Kier molecular flexibility index (Phi) is 7.83. The fourth-order valence-corrected chi connectivity index (χ4v) is 4.75. The van der Waals surface area contributed by atoms with Crippen molar-refractivity contribution in [3.63, 3.8) is 0 Å². The van der Waals surface area contributed by atoms with E-state index in [0.717, 1.165) is 12.1 Å². The van der Waals surface area contributed by atoms with Crippen molar-refractivity contribution in [1.29, 1.82) is 0 Å². The van der Waals surface area contributed by atoms with Gasteiger partial charge < -0.3 is 10.2 Å². The van der Waals surface area contributed by atoms with Gasteiger partial charge in [-0.3, -0.25) is 24.1 Å². The van der Waals surface area contributed by atoms with Crippen molar-refractivity contribution in [2.24, 2.45) is 0 Å². The van der Waals surface area contributed by atoms with E-state index in [2.05, 4.69) is 31.8 Å². The standard InChI is InChI=1S/C27H30ClN7O2/c1-6-20(22(28)12-16(3)24-17(4)29-9-10-30-24)21-13-18-15-31-27(33-25(18)35(7-2)26(21)37)32-19-8-11-34(5)23(36)14-19/h6,9-10,12-13,15,19H,3,7-8,11,14H2,1-2,4-5H3,(H,31,32,33). The van der Waals surface area contributed by atoms with Crippen molar-refractivity contribution in [1.82, 2.24) is 29.4 Å². The van der Waals surface area contributed by atoms with Crippen LogP contribution in [0.25, 0.3) is 22.2 Å². The summed E-state index contributed by atoms with van der Waals surface area (Å²) in [6, 6.07) is 1.71. The van der Waals surface area contributed by atoms with Gasteiger partial charge in [0.25, 0.3) is 5.56 Å². The maximum atomic E-state index is 13.6. The zero-order valence-electron chi connectivity index (χ0n) is 21.5. The number of allylic oxidation sites excluding steroid dienone is 5. The summed E-state index contributed by atoms with van der Waals surface area (Å²) in [5.41, 5.74) is 3.29. The lowest BCUT2D eigenvalue weighted by atomic mass is 10.0. The Bertz CT molecular complexity index is 1490. The van der Waals surface area contributed by atoms with E-state index in [-0.39, 0.29) is 17.5 Å². The van der Waals surface area contributed by atoms with Gasteiger partial charge in [-0.05, 0) is 44.9 Å². The average Bonchev–Trinajstić information content (AvgIpc) is 2.87. The summed E-state index contributed by atoms with van der Waals surface area (Å²) in [6.45, 7) is 10.7. The minimum Gasteiger partial charge on any atom is -0.351 e. The Labute approximate surface area is 220 Å². The molecule has 37 heavy (non-hydrogen) atoms. The minimum atomic E-state index is -0.213.